The lowest BCUT2D eigenvalue weighted by atomic mass is 10.0. The third kappa shape index (κ3) is 4.08. The molecule has 1 unspecified atom stereocenters. The van der Waals surface area contributed by atoms with Crippen molar-refractivity contribution in [2.24, 2.45) is 5.92 Å². The van der Waals surface area contributed by atoms with Crippen LogP contribution in [0.2, 0.25) is 0 Å². The number of anilines is 2. The first-order valence-corrected chi connectivity index (χ1v) is 7.52. The molecule has 0 aliphatic carbocycles. The van der Waals surface area contributed by atoms with Gasteiger partial charge < -0.3 is 16.0 Å². The number of fused-ring (bicyclic) bond motifs is 1. The highest BCUT2D eigenvalue weighted by atomic mass is 15.1. The Morgan fingerprint density at radius 3 is 2.67 bits per heavy atom. The molecule has 4 heteroatoms. The number of hydrogen-bond acceptors (Lipinski definition) is 4. The number of aromatic nitrogens is 1. The van der Waals surface area contributed by atoms with Crippen molar-refractivity contribution in [3.05, 3.63) is 30.5 Å². The zero-order valence-electron chi connectivity index (χ0n) is 13.4. The van der Waals surface area contributed by atoms with Crippen molar-refractivity contribution < 1.29 is 0 Å². The predicted octanol–water partition coefficient (Wildman–Crippen LogP) is 3.21. The van der Waals surface area contributed by atoms with Crippen molar-refractivity contribution in [1.29, 1.82) is 0 Å². The fraction of sp³-hybridized carbons (Fsp3) is 0.471. The Labute approximate surface area is 127 Å². The molecule has 0 radical (unpaired) electrons. The van der Waals surface area contributed by atoms with Gasteiger partial charge in [0.2, 0.25) is 0 Å². The van der Waals surface area contributed by atoms with Gasteiger partial charge >= 0.3 is 0 Å². The summed E-state index contributed by atoms with van der Waals surface area (Å²) in [5.41, 5.74) is 8.83. The SMILES string of the molecule is CC(C)CC(CN(C)C)Nc1ccc(N)c2cccnc12. The minimum absolute atomic E-state index is 0.397. The topological polar surface area (TPSA) is 54.2 Å². The Hall–Kier alpha value is -1.81. The molecule has 2 aromatic rings. The second-order valence-corrected chi connectivity index (χ2v) is 6.33. The molecule has 21 heavy (non-hydrogen) atoms. The van der Waals surface area contributed by atoms with Crippen molar-refractivity contribution in [1.82, 2.24) is 9.88 Å². The summed E-state index contributed by atoms with van der Waals surface area (Å²) in [6.45, 7) is 5.50. The van der Waals surface area contributed by atoms with Crippen molar-refractivity contribution in [3.63, 3.8) is 0 Å². The number of pyridine rings is 1. The normalized spacial score (nSPS) is 13.0. The number of hydrogen-bond donors (Lipinski definition) is 2. The second-order valence-electron chi connectivity index (χ2n) is 6.33. The van der Waals surface area contributed by atoms with Crippen LogP contribution in [0.5, 0.6) is 0 Å². The van der Waals surface area contributed by atoms with Crippen LogP contribution < -0.4 is 11.1 Å². The predicted molar refractivity (Wildman–Crippen MR) is 91.6 cm³/mol. The van der Waals surface area contributed by atoms with Gasteiger partial charge in [0.15, 0.2) is 0 Å². The summed E-state index contributed by atoms with van der Waals surface area (Å²) in [5.74, 6) is 0.649. The molecule has 1 aromatic heterocycles. The van der Waals surface area contributed by atoms with Gasteiger partial charge in [0.05, 0.1) is 11.2 Å². The van der Waals surface area contributed by atoms with Crippen LogP contribution in [0.3, 0.4) is 0 Å². The van der Waals surface area contributed by atoms with E-state index in [0.717, 1.165) is 35.2 Å². The maximum atomic E-state index is 6.04. The minimum atomic E-state index is 0.397. The number of nitrogens with one attached hydrogen (secondary N) is 1. The molecule has 0 bridgehead atoms. The molecule has 0 saturated carbocycles. The molecule has 1 aromatic carbocycles. The van der Waals surface area contributed by atoms with Crippen LogP contribution in [0.15, 0.2) is 30.5 Å². The molecule has 2 rings (SSSR count). The highest BCUT2D eigenvalue weighted by Gasteiger charge is 2.14. The van der Waals surface area contributed by atoms with Crippen molar-refractivity contribution >= 4 is 22.3 Å². The summed E-state index contributed by atoms with van der Waals surface area (Å²) in [6, 6.07) is 8.33. The first-order valence-electron chi connectivity index (χ1n) is 7.52. The Bertz CT molecular complexity index is 582. The van der Waals surface area contributed by atoms with Gasteiger partial charge in [0.1, 0.15) is 0 Å². The Morgan fingerprint density at radius 2 is 2.00 bits per heavy atom. The Kier molecular flexibility index (Phi) is 5.02. The number of nitrogens with two attached hydrogens (primary N) is 1. The molecule has 0 saturated heterocycles. The van der Waals surface area contributed by atoms with E-state index in [-0.39, 0.29) is 0 Å². The highest BCUT2D eigenvalue weighted by molar-refractivity contribution is 5.98. The molecular weight excluding hydrogens is 260 g/mol. The standard InChI is InChI=1S/C17H26N4/c1-12(2)10-13(11-21(3)4)20-16-8-7-15(18)14-6-5-9-19-17(14)16/h5-9,12-13,20H,10-11,18H2,1-4H3. The quantitative estimate of drug-likeness (QED) is 0.801. The summed E-state index contributed by atoms with van der Waals surface area (Å²) in [7, 11) is 4.21. The summed E-state index contributed by atoms with van der Waals surface area (Å²) in [5, 5.41) is 4.66. The van der Waals surface area contributed by atoms with Gasteiger partial charge in [0.25, 0.3) is 0 Å². The number of benzene rings is 1. The van der Waals surface area contributed by atoms with E-state index in [1.54, 1.807) is 0 Å². The first kappa shape index (κ1) is 15.6. The molecule has 4 nitrogen and oxygen atoms in total. The molecule has 3 N–H and O–H groups in total. The van der Waals surface area contributed by atoms with Crippen LogP contribution in [0.25, 0.3) is 10.9 Å². The third-order valence-corrected chi connectivity index (χ3v) is 3.50. The largest absolute Gasteiger partial charge is 0.398 e. The van der Waals surface area contributed by atoms with E-state index >= 15 is 0 Å². The van der Waals surface area contributed by atoms with Crippen molar-refractivity contribution in [3.8, 4) is 0 Å². The molecule has 0 spiro atoms. The van der Waals surface area contributed by atoms with E-state index in [0.29, 0.717) is 12.0 Å². The summed E-state index contributed by atoms with van der Waals surface area (Å²) in [4.78, 5) is 6.71. The fourth-order valence-electron chi connectivity index (χ4n) is 2.72. The lowest BCUT2D eigenvalue weighted by Gasteiger charge is -2.25. The fourth-order valence-corrected chi connectivity index (χ4v) is 2.72. The van der Waals surface area contributed by atoms with Gasteiger partial charge in [-0.3, -0.25) is 4.98 Å². The summed E-state index contributed by atoms with van der Waals surface area (Å²) >= 11 is 0. The van der Waals surface area contributed by atoms with Crippen LogP contribution in [0, 0.1) is 5.92 Å². The van der Waals surface area contributed by atoms with Crippen LogP contribution >= 0.6 is 0 Å². The second kappa shape index (κ2) is 6.76. The number of rotatable bonds is 6. The van der Waals surface area contributed by atoms with Crippen molar-refractivity contribution in [2.45, 2.75) is 26.3 Å². The van der Waals surface area contributed by atoms with Gasteiger partial charge in [0, 0.05) is 29.9 Å². The molecule has 0 aliphatic rings. The van der Waals surface area contributed by atoms with Crippen molar-refractivity contribution in [2.75, 3.05) is 31.7 Å². The molecule has 1 heterocycles. The summed E-state index contributed by atoms with van der Waals surface area (Å²) < 4.78 is 0. The molecular formula is C17H26N4. The molecule has 0 fully saturated rings. The van der Waals surface area contributed by atoms with Crippen LogP contribution in [0.1, 0.15) is 20.3 Å². The first-order chi connectivity index (χ1) is 9.97. The van der Waals surface area contributed by atoms with Crippen LogP contribution in [-0.4, -0.2) is 36.6 Å². The zero-order chi connectivity index (χ0) is 15.4. The monoisotopic (exact) mass is 286 g/mol. The highest BCUT2D eigenvalue weighted by Crippen LogP contribution is 2.27. The van der Waals surface area contributed by atoms with Gasteiger partial charge in [-0.05, 0) is 50.7 Å². The van der Waals surface area contributed by atoms with Crippen LogP contribution in [0.4, 0.5) is 11.4 Å². The average molecular weight is 286 g/mol. The van der Waals surface area contributed by atoms with Gasteiger partial charge in [-0.15, -0.1) is 0 Å². The Balaban J connectivity index is 2.30. The number of nitrogen functional groups attached to an aromatic ring is 1. The average Bonchev–Trinajstić information content (AvgIpc) is 2.41. The summed E-state index contributed by atoms with van der Waals surface area (Å²) in [6.07, 6.45) is 2.94. The maximum Gasteiger partial charge on any atom is 0.0953 e. The third-order valence-electron chi connectivity index (χ3n) is 3.50. The lowest BCUT2D eigenvalue weighted by molar-refractivity contribution is 0.356. The Morgan fingerprint density at radius 1 is 1.24 bits per heavy atom. The van der Waals surface area contributed by atoms with Gasteiger partial charge in [-0.2, -0.15) is 0 Å². The van der Waals surface area contributed by atoms with E-state index in [4.69, 9.17) is 5.73 Å². The van der Waals surface area contributed by atoms with Crippen LogP contribution in [-0.2, 0) is 0 Å². The molecule has 0 aliphatic heterocycles. The van der Waals surface area contributed by atoms with E-state index in [1.165, 1.54) is 0 Å². The van der Waals surface area contributed by atoms with E-state index in [1.807, 2.05) is 30.5 Å². The maximum absolute atomic E-state index is 6.04. The van der Waals surface area contributed by atoms with Gasteiger partial charge in [-0.25, -0.2) is 0 Å². The molecule has 1 atom stereocenters. The minimum Gasteiger partial charge on any atom is -0.398 e. The van der Waals surface area contributed by atoms with E-state index in [9.17, 15) is 0 Å². The molecule has 114 valence electrons. The smallest absolute Gasteiger partial charge is 0.0953 e. The molecule has 0 amide bonds. The van der Waals surface area contributed by atoms with E-state index < -0.39 is 0 Å². The lowest BCUT2D eigenvalue weighted by Crippen LogP contribution is -2.33. The number of likely N-dealkylation sites (N-methyl/N-ethyl adjacent to an activating group) is 1. The number of nitrogens with zero attached hydrogens (tertiary/aromatic N) is 2. The zero-order valence-corrected chi connectivity index (χ0v) is 13.4. The van der Waals surface area contributed by atoms with E-state index in [2.05, 4.69) is 43.1 Å². The van der Waals surface area contributed by atoms with Gasteiger partial charge in [-0.1, -0.05) is 13.8 Å².